The van der Waals surface area contributed by atoms with E-state index in [0.29, 0.717) is 0 Å². The van der Waals surface area contributed by atoms with Crippen LogP contribution in [0.4, 0.5) is 0 Å². The number of carbonyl (C=O) groups is 2. The number of hydrogen-bond donors (Lipinski definition) is 3. The zero-order chi connectivity index (χ0) is 16.4. The van der Waals surface area contributed by atoms with Crippen LogP contribution in [-0.2, 0) is 53.5 Å². The van der Waals surface area contributed by atoms with Gasteiger partial charge in [-0.25, -0.2) is 8.42 Å². The Labute approximate surface area is 177 Å². The maximum Gasteiger partial charge on any atom is 2.00 e. The Kier molecular flexibility index (Phi) is 42.1. The van der Waals surface area contributed by atoms with Gasteiger partial charge in [-0.15, -0.1) is 0 Å². The molecule has 0 aliphatic rings. The number of carbonyl (C=O) groups excluding carboxylic acids is 2. The van der Waals surface area contributed by atoms with Crippen molar-refractivity contribution in [2.24, 2.45) is 0 Å². The van der Waals surface area contributed by atoms with E-state index in [1.54, 1.807) is 0 Å². The Balaban J connectivity index is -0.0000000343. The van der Waals surface area contributed by atoms with Crippen LogP contribution in [0.3, 0.4) is 0 Å². The largest absolute Gasteiger partial charge is 2.00 e. The summed E-state index contributed by atoms with van der Waals surface area (Å²) in [5.74, 6) is -4.12. The first-order valence-corrected chi connectivity index (χ1v) is 4.84. The third kappa shape index (κ3) is 60.8. The third-order valence-corrected chi connectivity index (χ3v) is 0.782. The predicted molar refractivity (Wildman–Crippen MR) is 44.7 cm³/mol. The average Bonchev–Trinajstić information content (AvgIpc) is 2.11. The van der Waals surface area contributed by atoms with E-state index in [1.165, 1.54) is 0 Å². The molecule has 23 heavy (non-hydrogen) atoms. The summed E-state index contributed by atoms with van der Waals surface area (Å²) in [6.45, 7) is 0. The van der Waals surface area contributed by atoms with E-state index in [1.807, 2.05) is 0 Å². The van der Waals surface area contributed by atoms with Crippen molar-refractivity contribution >= 4 is 22.3 Å². The summed E-state index contributed by atoms with van der Waals surface area (Å²) in [4.78, 5) is 27.5. The van der Waals surface area contributed by atoms with E-state index in [2.05, 4.69) is 0 Å². The van der Waals surface area contributed by atoms with Crippen molar-refractivity contribution in [1.82, 2.24) is 0 Å². The molecule has 19 heteroatoms. The SMILES string of the molecule is O=C([O-])C(O)C(O)C(=O)[O-].O=S(=O)([O-])O.O=[N+]([O-])[O-].[Cl-].[Cu+2].[Na+].[Ni+2]. The number of nitrogens with zero attached hydrogens (tertiary/aromatic N) is 1. The molecule has 0 heterocycles. The summed E-state index contributed by atoms with van der Waals surface area (Å²) in [7, 11) is -4.92. The standard InChI is InChI=1S/C4H6O6.ClH.Cu.NO3.Na.Ni.H2O4S/c5-1(3(7)8)2(6)4(9)10;;;2-1(3)4;;;1-5(2,3)4/h1-2,5-6H,(H,7,8)(H,9,10);1H;;;;;(H2,1,2,3,4)/q;;+2;-1;+1;+2;/p-4. The maximum atomic E-state index is 9.63. The van der Waals surface area contributed by atoms with E-state index in [9.17, 15) is 19.8 Å². The van der Waals surface area contributed by atoms with Gasteiger partial charge in [0.2, 0.25) is 10.4 Å². The molecule has 0 spiro atoms. The molecule has 0 aromatic carbocycles. The van der Waals surface area contributed by atoms with Gasteiger partial charge < -0.3 is 62.3 Å². The summed E-state index contributed by atoms with van der Waals surface area (Å²) in [5.41, 5.74) is 0. The molecule has 0 aliphatic carbocycles. The second kappa shape index (κ2) is 22.2. The molecule has 0 bridgehead atoms. The summed E-state index contributed by atoms with van der Waals surface area (Å²) < 4.78 is 32.8. The van der Waals surface area contributed by atoms with Crippen molar-refractivity contribution in [3.63, 3.8) is 0 Å². The van der Waals surface area contributed by atoms with Gasteiger partial charge in [-0.3, -0.25) is 4.55 Å². The minimum atomic E-state index is -4.92. The van der Waals surface area contributed by atoms with E-state index < -0.39 is 39.6 Å². The van der Waals surface area contributed by atoms with Crippen LogP contribution in [0.25, 0.3) is 0 Å². The van der Waals surface area contributed by atoms with Gasteiger partial charge >= 0.3 is 63.1 Å². The van der Waals surface area contributed by atoms with Gasteiger partial charge in [0.25, 0.3) is 0 Å². The third-order valence-electron chi connectivity index (χ3n) is 0.782. The first-order chi connectivity index (χ1) is 8.20. The molecule has 3 N–H and O–H groups in total. The second-order valence-electron chi connectivity index (χ2n) is 2.18. The van der Waals surface area contributed by atoms with Crippen LogP contribution < -0.4 is 52.2 Å². The summed E-state index contributed by atoms with van der Waals surface area (Å²) in [6, 6.07) is 0. The molecule has 0 saturated heterocycles. The quantitative estimate of drug-likeness (QED) is 0.110. The Hall–Kier alpha value is 0.233. The molecule has 139 valence electrons. The molecule has 0 aliphatic heterocycles. The predicted octanol–water partition coefficient (Wildman–Crippen LogP) is -12.0. The van der Waals surface area contributed by atoms with Gasteiger partial charge in [0.05, 0.1) is 17.0 Å². The van der Waals surface area contributed by atoms with Crippen LogP contribution in [0.5, 0.6) is 0 Å². The van der Waals surface area contributed by atoms with Gasteiger partial charge in [0.15, 0.2) is 0 Å². The van der Waals surface area contributed by atoms with E-state index in [0.717, 1.165) is 0 Å². The zero-order valence-electron chi connectivity index (χ0n) is 10.4. The Morgan fingerprint density at radius 2 is 1.09 bits per heavy atom. The number of carboxylic acids is 2. The molecule has 2 unspecified atom stereocenters. The van der Waals surface area contributed by atoms with Crippen molar-refractivity contribution in [3.8, 4) is 0 Å². The summed E-state index contributed by atoms with van der Waals surface area (Å²) >= 11 is 0. The van der Waals surface area contributed by atoms with Crippen molar-refractivity contribution in [3.05, 3.63) is 15.3 Å². The van der Waals surface area contributed by atoms with Crippen LogP contribution in [0.1, 0.15) is 0 Å². The molecule has 0 fully saturated rings. The maximum absolute atomic E-state index is 9.63. The number of halogens is 1. The molecule has 0 aromatic rings. The van der Waals surface area contributed by atoms with Gasteiger partial charge in [0.1, 0.15) is 12.2 Å². The number of aliphatic hydroxyl groups is 2. The van der Waals surface area contributed by atoms with Gasteiger partial charge in [-0.2, -0.15) is 0 Å². The topological polar surface area (TPSA) is 264 Å². The fourth-order valence-electron chi connectivity index (χ4n) is 0.258. The summed E-state index contributed by atoms with van der Waals surface area (Å²) in [6.07, 6.45) is -4.88. The summed E-state index contributed by atoms with van der Waals surface area (Å²) in [5, 5.41) is 50.5. The molecule has 1 radical (unpaired) electrons. The normalized spacial score (nSPS) is 10.4. The molecular weight excluding hydrogens is 483 g/mol. The smallest absolute Gasteiger partial charge is 1.00 e. The van der Waals surface area contributed by atoms with Crippen LogP contribution in [0, 0.1) is 15.3 Å². The van der Waals surface area contributed by atoms with Crippen LogP contribution in [-0.4, -0.2) is 57.0 Å². The second-order valence-corrected chi connectivity index (χ2v) is 3.03. The Morgan fingerprint density at radius 3 is 1.13 bits per heavy atom. The fourth-order valence-corrected chi connectivity index (χ4v) is 0.258. The molecule has 0 rings (SSSR count). The number of aliphatic hydroxyl groups excluding tert-OH is 2. The molecule has 0 saturated carbocycles. The average molecular weight is 488 g/mol. The fraction of sp³-hybridized carbons (Fsp3) is 0.500. The van der Waals surface area contributed by atoms with Crippen molar-refractivity contribution in [1.29, 1.82) is 0 Å². The Bertz CT molecular complexity index is 392. The number of aliphatic carboxylic acids is 2. The van der Waals surface area contributed by atoms with Gasteiger partial charge in [0, 0.05) is 0 Å². The van der Waals surface area contributed by atoms with Crippen LogP contribution in [0.2, 0.25) is 0 Å². The van der Waals surface area contributed by atoms with Crippen LogP contribution in [0.15, 0.2) is 0 Å². The molecule has 14 nitrogen and oxygen atoms in total. The van der Waals surface area contributed by atoms with E-state index in [-0.39, 0.29) is 75.5 Å². The minimum absolute atomic E-state index is 0. The van der Waals surface area contributed by atoms with Crippen LogP contribution >= 0.6 is 0 Å². The molecular formula is C4H5ClCuNNaNiO13S. The number of carboxylic acid groups (broad SMARTS) is 2. The number of hydrogen-bond acceptors (Lipinski definition) is 12. The first kappa shape index (κ1) is 43.6. The van der Waals surface area contributed by atoms with Gasteiger partial charge in [-0.1, -0.05) is 0 Å². The van der Waals surface area contributed by atoms with Crippen molar-refractivity contribution in [2.45, 2.75) is 12.2 Å². The van der Waals surface area contributed by atoms with E-state index in [4.69, 9.17) is 43.1 Å². The van der Waals surface area contributed by atoms with Crippen molar-refractivity contribution < 1.29 is 128 Å². The Morgan fingerprint density at radius 1 is 1.00 bits per heavy atom. The molecule has 2 atom stereocenters. The first-order valence-electron chi connectivity index (χ1n) is 3.47. The molecule has 0 aromatic heterocycles. The monoisotopic (exact) mass is 486 g/mol. The van der Waals surface area contributed by atoms with Gasteiger partial charge in [-0.05, 0) is 0 Å². The minimum Gasteiger partial charge on any atom is -1.00 e. The zero-order valence-corrected chi connectivity index (χ0v) is 15.9. The van der Waals surface area contributed by atoms with E-state index >= 15 is 0 Å². The van der Waals surface area contributed by atoms with Crippen molar-refractivity contribution in [2.75, 3.05) is 0 Å². The molecule has 0 amide bonds. The number of rotatable bonds is 3.